The van der Waals surface area contributed by atoms with Gasteiger partial charge in [0.25, 0.3) is 5.69 Å². The number of carbonyl (C=O) groups is 1. The Hall–Kier alpha value is -2.80. The number of nitro groups is 1. The minimum Gasteiger partial charge on any atom is -0.354 e. The van der Waals surface area contributed by atoms with Gasteiger partial charge in [0.05, 0.1) is 29.5 Å². The van der Waals surface area contributed by atoms with Crippen LogP contribution in [0.1, 0.15) is 11.3 Å². The Balaban J connectivity index is 1.50. The Kier molecular flexibility index (Phi) is 7.30. The summed E-state index contributed by atoms with van der Waals surface area (Å²) < 4.78 is 0. The Bertz CT molecular complexity index is 900. The fraction of sp³-hybridized carbons (Fsp3) is 0.400. The molecule has 0 aliphatic carbocycles. The number of hydrogen-bond acceptors (Lipinski definition) is 7. The van der Waals surface area contributed by atoms with Gasteiger partial charge in [-0.05, 0) is 18.2 Å². The van der Waals surface area contributed by atoms with Crippen molar-refractivity contribution in [1.29, 1.82) is 5.26 Å². The van der Waals surface area contributed by atoms with Crippen molar-refractivity contribution in [3.8, 4) is 16.5 Å². The molecule has 1 aromatic heterocycles. The van der Waals surface area contributed by atoms with Crippen LogP contribution < -0.4 is 5.32 Å². The molecule has 2 heterocycles. The second-order valence-corrected chi connectivity index (χ2v) is 8.02. The molecule has 0 radical (unpaired) electrons. The van der Waals surface area contributed by atoms with Crippen molar-refractivity contribution < 1.29 is 9.72 Å². The molecule has 0 bridgehead atoms. The third-order valence-electron chi connectivity index (χ3n) is 4.80. The standard InChI is InChI=1S/C20H23N5O3S/c21-8-3-9-22-20(26)15-24-12-10-23(11-13-24)14-16-6-7-19(29-16)17-4-1-2-5-18(17)25(27)28/h1-2,4-7H,3,9-15H2,(H,22,26). The van der Waals surface area contributed by atoms with Crippen molar-refractivity contribution in [1.82, 2.24) is 15.1 Å². The molecule has 1 N–H and O–H groups in total. The maximum atomic E-state index is 11.8. The third-order valence-corrected chi connectivity index (χ3v) is 5.90. The van der Waals surface area contributed by atoms with Gasteiger partial charge >= 0.3 is 0 Å². The fourth-order valence-electron chi connectivity index (χ4n) is 3.29. The number of benzene rings is 1. The van der Waals surface area contributed by atoms with Crippen molar-refractivity contribution in [2.24, 2.45) is 0 Å². The number of nitrogens with zero attached hydrogens (tertiary/aromatic N) is 4. The van der Waals surface area contributed by atoms with Gasteiger partial charge in [0, 0.05) is 55.1 Å². The summed E-state index contributed by atoms with van der Waals surface area (Å²) in [4.78, 5) is 29.3. The lowest BCUT2D eigenvalue weighted by Gasteiger charge is -2.34. The summed E-state index contributed by atoms with van der Waals surface area (Å²) in [6.45, 7) is 4.92. The monoisotopic (exact) mass is 413 g/mol. The fourth-order valence-corrected chi connectivity index (χ4v) is 4.38. The highest BCUT2D eigenvalue weighted by molar-refractivity contribution is 7.15. The molecule has 1 aromatic carbocycles. The average molecular weight is 414 g/mol. The van der Waals surface area contributed by atoms with E-state index in [9.17, 15) is 14.9 Å². The molecule has 152 valence electrons. The molecule has 0 saturated carbocycles. The van der Waals surface area contributed by atoms with Crippen LogP contribution in [0.3, 0.4) is 0 Å². The first-order chi connectivity index (χ1) is 14.1. The second kappa shape index (κ2) is 10.1. The lowest BCUT2D eigenvalue weighted by molar-refractivity contribution is -0.384. The minimum atomic E-state index is -0.343. The molecule has 3 rings (SSSR count). The normalized spacial score (nSPS) is 15.0. The Labute approximate surface area is 173 Å². The smallest absolute Gasteiger partial charge is 0.278 e. The number of carbonyl (C=O) groups excluding carboxylic acids is 1. The molecule has 0 spiro atoms. The van der Waals surface area contributed by atoms with E-state index in [0.29, 0.717) is 25.1 Å². The van der Waals surface area contributed by atoms with Crippen LogP contribution in [0.15, 0.2) is 36.4 Å². The van der Waals surface area contributed by atoms with Crippen molar-refractivity contribution in [3.05, 3.63) is 51.4 Å². The molecule has 1 saturated heterocycles. The summed E-state index contributed by atoms with van der Waals surface area (Å²) in [5.41, 5.74) is 0.781. The first kappa shape index (κ1) is 20.9. The Morgan fingerprint density at radius 2 is 1.90 bits per heavy atom. The van der Waals surface area contributed by atoms with E-state index in [1.807, 2.05) is 24.3 Å². The third kappa shape index (κ3) is 5.84. The van der Waals surface area contributed by atoms with Crippen LogP contribution in [0.25, 0.3) is 10.4 Å². The predicted octanol–water partition coefficient (Wildman–Crippen LogP) is 2.47. The molecular formula is C20H23N5O3S. The molecule has 9 heteroatoms. The number of nitriles is 1. The van der Waals surface area contributed by atoms with E-state index >= 15 is 0 Å². The van der Waals surface area contributed by atoms with Crippen molar-refractivity contribution in [2.45, 2.75) is 13.0 Å². The molecule has 0 unspecified atom stereocenters. The lowest BCUT2D eigenvalue weighted by atomic mass is 10.1. The average Bonchev–Trinajstić information content (AvgIpc) is 3.18. The SMILES string of the molecule is N#CCCNC(=O)CN1CCN(Cc2ccc(-c3ccccc3[N+](=O)[O-])s2)CC1. The van der Waals surface area contributed by atoms with Gasteiger partial charge in [0.2, 0.25) is 5.91 Å². The Morgan fingerprint density at radius 1 is 1.17 bits per heavy atom. The largest absolute Gasteiger partial charge is 0.354 e. The highest BCUT2D eigenvalue weighted by Gasteiger charge is 2.20. The second-order valence-electron chi connectivity index (χ2n) is 6.85. The van der Waals surface area contributed by atoms with Gasteiger partial charge in [-0.15, -0.1) is 11.3 Å². The first-order valence-corrected chi connectivity index (χ1v) is 10.3. The highest BCUT2D eigenvalue weighted by Crippen LogP contribution is 2.35. The van der Waals surface area contributed by atoms with Gasteiger partial charge in [-0.2, -0.15) is 5.26 Å². The Morgan fingerprint density at radius 3 is 2.62 bits per heavy atom. The van der Waals surface area contributed by atoms with Crippen LogP contribution in [-0.4, -0.2) is 59.9 Å². The van der Waals surface area contributed by atoms with E-state index in [4.69, 9.17) is 5.26 Å². The van der Waals surface area contributed by atoms with Gasteiger partial charge in [-0.25, -0.2) is 0 Å². The summed E-state index contributed by atoms with van der Waals surface area (Å²) in [6.07, 6.45) is 0.328. The zero-order valence-electron chi connectivity index (χ0n) is 16.0. The van der Waals surface area contributed by atoms with E-state index in [1.54, 1.807) is 23.5 Å². The number of nitro benzene ring substituents is 1. The zero-order valence-corrected chi connectivity index (χ0v) is 16.9. The molecule has 0 atom stereocenters. The number of nitrogens with one attached hydrogen (secondary N) is 1. The van der Waals surface area contributed by atoms with Gasteiger partial charge in [0.15, 0.2) is 0 Å². The van der Waals surface area contributed by atoms with Gasteiger partial charge in [-0.3, -0.25) is 24.7 Å². The van der Waals surface area contributed by atoms with E-state index in [1.165, 1.54) is 10.9 Å². The summed E-state index contributed by atoms with van der Waals surface area (Å²) in [7, 11) is 0. The van der Waals surface area contributed by atoms with Crippen molar-refractivity contribution >= 4 is 22.9 Å². The number of amides is 1. The van der Waals surface area contributed by atoms with Gasteiger partial charge in [0.1, 0.15) is 0 Å². The summed E-state index contributed by atoms with van der Waals surface area (Å²) in [6, 6.07) is 12.8. The number of piperazine rings is 1. The van der Waals surface area contributed by atoms with Gasteiger partial charge < -0.3 is 5.32 Å². The maximum absolute atomic E-state index is 11.8. The van der Waals surface area contributed by atoms with Crippen LogP contribution >= 0.6 is 11.3 Å². The van der Waals surface area contributed by atoms with Crippen LogP contribution in [0.2, 0.25) is 0 Å². The zero-order chi connectivity index (χ0) is 20.6. The first-order valence-electron chi connectivity index (χ1n) is 9.47. The van der Waals surface area contributed by atoms with Crippen LogP contribution in [0.4, 0.5) is 5.69 Å². The van der Waals surface area contributed by atoms with E-state index in [2.05, 4.69) is 15.1 Å². The molecule has 1 amide bonds. The van der Waals surface area contributed by atoms with Crippen LogP contribution in [-0.2, 0) is 11.3 Å². The minimum absolute atomic E-state index is 0.0407. The van der Waals surface area contributed by atoms with E-state index in [0.717, 1.165) is 37.6 Å². The maximum Gasteiger partial charge on any atom is 0.278 e. The molecule has 1 aliphatic rings. The topological polar surface area (TPSA) is 103 Å². The van der Waals surface area contributed by atoms with Crippen LogP contribution in [0.5, 0.6) is 0 Å². The number of para-hydroxylation sites is 1. The van der Waals surface area contributed by atoms with E-state index < -0.39 is 0 Å². The summed E-state index contributed by atoms with van der Waals surface area (Å²) in [5, 5.41) is 22.5. The molecule has 2 aromatic rings. The molecule has 1 aliphatic heterocycles. The number of hydrogen-bond donors (Lipinski definition) is 1. The number of thiophene rings is 1. The van der Waals surface area contributed by atoms with Gasteiger partial charge in [-0.1, -0.05) is 12.1 Å². The van der Waals surface area contributed by atoms with Crippen molar-refractivity contribution in [3.63, 3.8) is 0 Å². The molecular weight excluding hydrogens is 390 g/mol. The lowest BCUT2D eigenvalue weighted by Crippen LogP contribution is -2.49. The van der Waals surface area contributed by atoms with Crippen LogP contribution in [0, 0.1) is 21.4 Å². The summed E-state index contributed by atoms with van der Waals surface area (Å²) >= 11 is 1.58. The molecule has 8 nitrogen and oxygen atoms in total. The molecule has 1 fully saturated rings. The molecule has 29 heavy (non-hydrogen) atoms. The van der Waals surface area contributed by atoms with Crippen molar-refractivity contribution in [2.75, 3.05) is 39.3 Å². The quantitative estimate of drug-likeness (QED) is 0.405. The highest BCUT2D eigenvalue weighted by atomic mass is 32.1. The number of rotatable bonds is 8. The predicted molar refractivity (Wildman–Crippen MR) is 111 cm³/mol. The summed E-state index contributed by atoms with van der Waals surface area (Å²) in [5.74, 6) is -0.0407. The van der Waals surface area contributed by atoms with E-state index in [-0.39, 0.29) is 16.5 Å².